The Labute approximate surface area is 126 Å². The second kappa shape index (κ2) is 7.57. The molecule has 5 heteroatoms. The van der Waals surface area contributed by atoms with Gasteiger partial charge in [-0.1, -0.05) is 13.0 Å². The van der Waals surface area contributed by atoms with Gasteiger partial charge in [0.25, 0.3) is 0 Å². The second-order valence-electron chi connectivity index (χ2n) is 5.75. The molecule has 0 spiro atoms. The second-order valence-corrected chi connectivity index (χ2v) is 9.01. The van der Waals surface area contributed by atoms with Crippen molar-refractivity contribution in [2.45, 2.75) is 32.6 Å². The zero-order valence-electron chi connectivity index (χ0n) is 12.2. The Hall–Kier alpha value is -0.390. The highest BCUT2D eigenvalue weighted by Gasteiger charge is 2.33. The van der Waals surface area contributed by atoms with Crippen LogP contribution in [0, 0.1) is 11.8 Å². The Kier molecular flexibility index (Phi) is 6.05. The van der Waals surface area contributed by atoms with Crippen molar-refractivity contribution in [2.75, 3.05) is 24.6 Å². The molecule has 2 heterocycles. The molecule has 2 rings (SSSR count). The number of aryl methyl sites for hydroxylation is 1. The summed E-state index contributed by atoms with van der Waals surface area (Å²) in [6.45, 7) is 4.14. The van der Waals surface area contributed by atoms with E-state index in [1.54, 1.807) is 11.3 Å². The molecule has 1 saturated heterocycles. The molecule has 114 valence electrons. The van der Waals surface area contributed by atoms with Gasteiger partial charge in [-0.3, -0.25) is 0 Å². The van der Waals surface area contributed by atoms with Gasteiger partial charge in [0.1, 0.15) is 0 Å². The Bertz CT molecular complexity index is 482. The molecule has 1 fully saturated rings. The first-order chi connectivity index (χ1) is 9.61. The quantitative estimate of drug-likeness (QED) is 0.750. The minimum atomic E-state index is -2.77. The molecule has 0 amide bonds. The Morgan fingerprint density at radius 3 is 2.95 bits per heavy atom. The first kappa shape index (κ1) is 16.0. The molecule has 3 nitrogen and oxygen atoms in total. The van der Waals surface area contributed by atoms with Crippen LogP contribution in [0.4, 0.5) is 0 Å². The molecule has 20 heavy (non-hydrogen) atoms. The third-order valence-corrected chi connectivity index (χ3v) is 6.84. The van der Waals surface area contributed by atoms with Crippen LogP contribution in [0.1, 0.15) is 31.1 Å². The standard InChI is InChI=1S/C15H25NO2S2/c1-2-8-16-11-13(5-6-15-4-3-9-19-15)14-7-10-20(17,18)12-14/h3-4,9,13-14,16H,2,5-8,10-12H2,1H3. The number of sulfone groups is 1. The predicted octanol–water partition coefficient (Wildman–Crippen LogP) is 2.73. The summed E-state index contributed by atoms with van der Waals surface area (Å²) >= 11 is 1.80. The molecule has 1 aromatic rings. The van der Waals surface area contributed by atoms with E-state index in [-0.39, 0.29) is 0 Å². The smallest absolute Gasteiger partial charge is 0.150 e. The van der Waals surface area contributed by atoms with Crippen LogP contribution in [0.2, 0.25) is 0 Å². The fourth-order valence-corrected chi connectivity index (χ4v) is 5.59. The van der Waals surface area contributed by atoms with Crippen LogP contribution in [0.25, 0.3) is 0 Å². The van der Waals surface area contributed by atoms with E-state index in [1.807, 2.05) is 0 Å². The Balaban J connectivity index is 1.89. The van der Waals surface area contributed by atoms with Gasteiger partial charge in [-0.15, -0.1) is 11.3 Å². The van der Waals surface area contributed by atoms with Crippen LogP contribution in [0.15, 0.2) is 17.5 Å². The van der Waals surface area contributed by atoms with E-state index in [1.165, 1.54) is 4.88 Å². The summed E-state index contributed by atoms with van der Waals surface area (Å²) in [5.41, 5.74) is 0. The fourth-order valence-electron chi connectivity index (χ4n) is 2.95. The number of rotatable bonds is 8. The van der Waals surface area contributed by atoms with E-state index in [0.29, 0.717) is 23.3 Å². The van der Waals surface area contributed by atoms with E-state index >= 15 is 0 Å². The predicted molar refractivity (Wildman–Crippen MR) is 86.1 cm³/mol. The fraction of sp³-hybridized carbons (Fsp3) is 0.733. The van der Waals surface area contributed by atoms with Crippen molar-refractivity contribution in [2.24, 2.45) is 11.8 Å². The van der Waals surface area contributed by atoms with Crippen LogP contribution in [-0.2, 0) is 16.3 Å². The molecular weight excluding hydrogens is 290 g/mol. The summed E-state index contributed by atoms with van der Waals surface area (Å²) in [5, 5.41) is 5.59. The average Bonchev–Trinajstić information content (AvgIpc) is 3.03. The lowest BCUT2D eigenvalue weighted by Crippen LogP contribution is -2.30. The first-order valence-corrected chi connectivity index (χ1v) is 10.2. The highest BCUT2D eigenvalue weighted by atomic mass is 32.2. The van der Waals surface area contributed by atoms with Crippen molar-refractivity contribution in [3.05, 3.63) is 22.4 Å². The molecule has 0 aromatic carbocycles. The molecule has 1 aliphatic heterocycles. The van der Waals surface area contributed by atoms with E-state index < -0.39 is 9.84 Å². The summed E-state index contributed by atoms with van der Waals surface area (Å²) in [4.78, 5) is 1.41. The third kappa shape index (κ3) is 4.86. The van der Waals surface area contributed by atoms with E-state index in [9.17, 15) is 8.42 Å². The summed E-state index contributed by atoms with van der Waals surface area (Å²) in [6.07, 6.45) is 4.15. The molecule has 1 aromatic heterocycles. The molecule has 0 radical (unpaired) electrons. The van der Waals surface area contributed by atoms with Gasteiger partial charge in [0.05, 0.1) is 11.5 Å². The van der Waals surface area contributed by atoms with Crippen molar-refractivity contribution in [1.82, 2.24) is 5.32 Å². The molecule has 1 N–H and O–H groups in total. The van der Waals surface area contributed by atoms with Crippen molar-refractivity contribution in [3.8, 4) is 0 Å². The van der Waals surface area contributed by atoms with Crippen LogP contribution < -0.4 is 5.32 Å². The lowest BCUT2D eigenvalue weighted by molar-refractivity contribution is 0.326. The molecule has 0 aliphatic carbocycles. The zero-order chi connectivity index (χ0) is 14.4. The van der Waals surface area contributed by atoms with Crippen LogP contribution in [0.5, 0.6) is 0 Å². The van der Waals surface area contributed by atoms with Crippen molar-refractivity contribution in [3.63, 3.8) is 0 Å². The third-order valence-electron chi connectivity index (χ3n) is 4.11. The van der Waals surface area contributed by atoms with Gasteiger partial charge in [0, 0.05) is 4.88 Å². The Morgan fingerprint density at radius 2 is 2.35 bits per heavy atom. The van der Waals surface area contributed by atoms with E-state index in [0.717, 1.165) is 38.8 Å². The SMILES string of the molecule is CCCNCC(CCc1cccs1)C1CCS(=O)(=O)C1. The lowest BCUT2D eigenvalue weighted by atomic mass is 9.87. The summed E-state index contributed by atoms with van der Waals surface area (Å²) < 4.78 is 23.4. The number of hydrogen-bond acceptors (Lipinski definition) is 4. The van der Waals surface area contributed by atoms with Crippen LogP contribution >= 0.6 is 11.3 Å². The monoisotopic (exact) mass is 315 g/mol. The summed E-state index contributed by atoms with van der Waals surface area (Å²) in [5.74, 6) is 1.63. The normalized spacial score (nSPS) is 22.9. The highest BCUT2D eigenvalue weighted by molar-refractivity contribution is 7.91. The number of hydrogen-bond donors (Lipinski definition) is 1. The lowest BCUT2D eigenvalue weighted by Gasteiger charge is -2.23. The molecule has 0 saturated carbocycles. The van der Waals surface area contributed by atoms with Gasteiger partial charge in [-0.2, -0.15) is 0 Å². The maximum atomic E-state index is 11.7. The molecule has 0 bridgehead atoms. The van der Waals surface area contributed by atoms with E-state index in [4.69, 9.17) is 0 Å². The van der Waals surface area contributed by atoms with Crippen molar-refractivity contribution < 1.29 is 8.42 Å². The molecule has 2 atom stereocenters. The zero-order valence-corrected chi connectivity index (χ0v) is 13.8. The van der Waals surface area contributed by atoms with Gasteiger partial charge < -0.3 is 5.32 Å². The van der Waals surface area contributed by atoms with Gasteiger partial charge >= 0.3 is 0 Å². The number of nitrogens with one attached hydrogen (secondary N) is 1. The van der Waals surface area contributed by atoms with Gasteiger partial charge in [0.15, 0.2) is 9.84 Å². The largest absolute Gasteiger partial charge is 0.316 e. The highest BCUT2D eigenvalue weighted by Crippen LogP contribution is 2.29. The summed E-state index contributed by atoms with van der Waals surface area (Å²) in [6, 6.07) is 4.26. The molecule has 2 unspecified atom stereocenters. The van der Waals surface area contributed by atoms with Crippen molar-refractivity contribution in [1.29, 1.82) is 0 Å². The number of thiophene rings is 1. The topological polar surface area (TPSA) is 46.2 Å². The first-order valence-electron chi connectivity index (χ1n) is 7.54. The average molecular weight is 316 g/mol. The van der Waals surface area contributed by atoms with Gasteiger partial charge in [0.2, 0.25) is 0 Å². The molecular formula is C15H25NO2S2. The van der Waals surface area contributed by atoms with Gasteiger partial charge in [-0.25, -0.2) is 8.42 Å². The minimum Gasteiger partial charge on any atom is -0.316 e. The summed E-state index contributed by atoms with van der Waals surface area (Å²) in [7, 11) is -2.77. The van der Waals surface area contributed by atoms with Gasteiger partial charge in [-0.05, 0) is 62.1 Å². The van der Waals surface area contributed by atoms with E-state index in [2.05, 4.69) is 29.8 Å². The Morgan fingerprint density at radius 1 is 1.50 bits per heavy atom. The maximum absolute atomic E-state index is 11.7. The minimum absolute atomic E-state index is 0.351. The maximum Gasteiger partial charge on any atom is 0.150 e. The van der Waals surface area contributed by atoms with Crippen molar-refractivity contribution >= 4 is 21.2 Å². The van der Waals surface area contributed by atoms with Crippen LogP contribution in [0.3, 0.4) is 0 Å². The van der Waals surface area contributed by atoms with Crippen LogP contribution in [-0.4, -0.2) is 33.0 Å². The molecule has 1 aliphatic rings.